The van der Waals surface area contributed by atoms with Crippen LogP contribution in [0.3, 0.4) is 0 Å². The van der Waals surface area contributed by atoms with Crippen LogP contribution in [0.2, 0.25) is 0 Å². The van der Waals surface area contributed by atoms with Gasteiger partial charge in [-0.3, -0.25) is 4.79 Å². The molecule has 150 valence electrons. The van der Waals surface area contributed by atoms with E-state index in [-0.39, 0.29) is 0 Å². The molecule has 8 atom stereocenters. The largest absolute Gasteiger partial charge is 0.394 e. The number of likely N-dealkylation sites (N-methyl/N-ethyl adjacent to an activating group) is 1. The molecule has 0 rings (SSSR count). The molecule has 0 saturated heterocycles. The number of carbonyl (C=O) groups excluding carboxylic acids is 1. The Morgan fingerprint density at radius 3 is 1.48 bits per heavy atom. The predicted molar refractivity (Wildman–Crippen MR) is 79.9 cm³/mol. The Balaban J connectivity index is 4.77. The Morgan fingerprint density at radius 1 is 0.720 bits per heavy atom. The first-order chi connectivity index (χ1) is 11.5. The molecule has 0 unspecified atom stereocenters. The van der Waals surface area contributed by atoms with Crippen molar-refractivity contribution in [2.45, 2.75) is 48.8 Å². The van der Waals surface area contributed by atoms with Crippen molar-refractivity contribution < 1.29 is 55.9 Å². The van der Waals surface area contributed by atoms with Gasteiger partial charge in [-0.2, -0.15) is 0 Å². The van der Waals surface area contributed by atoms with Crippen LogP contribution in [0.4, 0.5) is 0 Å². The van der Waals surface area contributed by atoms with E-state index in [9.17, 15) is 45.6 Å². The van der Waals surface area contributed by atoms with E-state index in [0.29, 0.717) is 4.90 Å². The van der Waals surface area contributed by atoms with Crippen molar-refractivity contribution in [1.29, 1.82) is 0 Å². The van der Waals surface area contributed by atoms with Gasteiger partial charge in [0.2, 0.25) is 0 Å². The summed E-state index contributed by atoms with van der Waals surface area (Å²) < 4.78 is 0. The van der Waals surface area contributed by atoms with Crippen LogP contribution in [0, 0.1) is 0 Å². The lowest BCUT2D eigenvalue weighted by Crippen LogP contribution is -2.54. The molecule has 0 radical (unpaired) electrons. The van der Waals surface area contributed by atoms with Crippen molar-refractivity contribution in [1.82, 2.24) is 4.90 Å². The summed E-state index contributed by atoms with van der Waals surface area (Å²) in [5.74, 6) is -1.19. The van der Waals surface area contributed by atoms with Gasteiger partial charge < -0.3 is 56.0 Å². The average Bonchev–Trinajstić information content (AvgIpc) is 2.62. The van der Waals surface area contributed by atoms with Crippen molar-refractivity contribution in [3.8, 4) is 0 Å². The Labute approximate surface area is 143 Å². The third-order valence-corrected chi connectivity index (χ3v) is 3.67. The van der Waals surface area contributed by atoms with Crippen molar-refractivity contribution in [2.75, 3.05) is 26.8 Å². The molecule has 0 aromatic carbocycles. The topological polar surface area (TPSA) is 223 Å². The maximum atomic E-state index is 11.9. The molecule has 0 aromatic rings. The second kappa shape index (κ2) is 10.9. The highest BCUT2D eigenvalue weighted by molar-refractivity contribution is 5.81. The normalized spacial score (nSPS) is 21.6. The summed E-state index contributed by atoms with van der Waals surface area (Å²) in [7, 11) is 1.07. The molecular formula is C13H27NO11. The van der Waals surface area contributed by atoms with Gasteiger partial charge in [0.25, 0.3) is 5.91 Å². The molecule has 12 nitrogen and oxygen atoms in total. The van der Waals surface area contributed by atoms with Gasteiger partial charge in [-0.05, 0) is 0 Å². The zero-order chi connectivity index (χ0) is 19.9. The van der Waals surface area contributed by atoms with Gasteiger partial charge in [0, 0.05) is 13.6 Å². The fraction of sp³-hybridized carbons (Fsp3) is 0.923. The summed E-state index contributed by atoms with van der Waals surface area (Å²) in [5, 5.41) is 93.3. The fourth-order valence-corrected chi connectivity index (χ4v) is 1.94. The van der Waals surface area contributed by atoms with Crippen LogP contribution in [0.5, 0.6) is 0 Å². The van der Waals surface area contributed by atoms with Crippen LogP contribution < -0.4 is 0 Å². The van der Waals surface area contributed by atoms with Crippen LogP contribution in [0.15, 0.2) is 0 Å². The summed E-state index contributed by atoms with van der Waals surface area (Å²) in [4.78, 5) is 12.6. The zero-order valence-corrected chi connectivity index (χ0v) is 13.6. The van der Waals surface area contributed by atoms with E-state index in [1.54, 1.807) is 0 Å². The summed E-state index contributed by atoms with van der Waals surface area (Å²) in [5.41, 5.74) is 0. The van der Waals surface area contributed by atoms with E-state index in [2.05, 4.69) is 0 Å². The number of amides is 1. The first kappa shape index (κ1) is 24.1. The first-order valence-electron chi connectivity index (χ1n) is 7.40. The third kappa shape index (κ3) is 6.71. The Morgan fingerprint density at radius 2 is 1.08 bits per heavy atom. The minimum Gasteiger partial charge on any atom is -0.394 e. The SMILES string of the molecule is CN(C[C@H](O)[C@@H](O)[C@H](O)[C@H](O)CO)C(=O)[C@H](O)[C@@H](O)[C@H](O)[C@H](O)CO. The first-order valence-corrected chi connectivity index (χ1v) is 7.40. The van der Waals surface area contributed by atoms with Crippen LogP contribution in [-0.4, -0.2) is 138 Å². The van der Waals surface area contributed by atoms with E-state index in [1.807, 2.05) is 0 Å². The van der Waals surface area contributed by atoms with Crippen molar-refractivity contribution in [2.24, 2.45) is 0 Å². The molecule has 0 heterocycles. The molecule has 0 fully saturated rings. The molecule has 0 aliphatic carbocycles. The molecule has 1 amide bonds. The molecule has 0 saturated carbocycles. The number of hydrogen-bond donors (Lipinski definition) is 10. The second-order valence-electron chi connectivity index (χ2n) is 5.69. The van der Waals surface area contributed by atoms with E-state index < -0.39 is 74.5 Å². The Kier molecular flexibility index (Phi) is 10.5. The van der Waals surface area contributed by atoms with Crippen LogP contribution >= 0.6 is 0 Å². The quantitative estimate of drug-likeness (QED) is 0.164. The highest BCUT2D eigenvalue weighted by atomic mass is 16.4. The number of rotatable bonds is 11. The highest BCUT2D eigenvalue weighted by Crippen LogP contribution is 2.10. The van der Waals surface area contributed by atoms with Gasteiger partial charge in [-0.1, -0.05) is 0 Å². The molecule has 0 spiro atoms. The third-order valence-electron chi connectivity index (χ3n) is 3.67. The van der Waals surface area contributed by atoms with Gasteiger partial charge in [0.15, 0.2) is 6.10 Å². The monoisotopic (exact) mass is 373 g/mol. The van der Waals surface area contributed by atoms with Crippen LogP contribution in [0.1, 0.15) is 0 Å². The van der Waals surface area contributed by atoms with E-state index in [4.69, 9.17) is 10.2 Å². The lowest BCUT2D eigenvalue weighted by Gasteiger charge is -2.31. The van der Waals surface area contributed by atoms with E-state index in [1.165, 1.54) is 0 Å². The summed E-state index contributed by atoms with van der Waals surface area (Å²) in [6.07, 6.45) is -15.5. The van der Waals surface area contributed by atoms with Crippen molar-refractivity contribution in [3.63, 3.8) is 0 Å². The molecule has 0 aliphatic heterocycles. The molecule has 12 heteroatoms. The predicted octanol–water partition coefficient (Wildman–Crippen LogP) is -6.68. The number of nitrogens with zero attached hydrogens (tertiary/aromatic N) is 1. The minimum atomic E-state index is -2.21. The van der Waals surface area contributed by atoms with Gasteiger partial charge in [-0.25, -0.2) is 0 Å². The summed E-state index contributed by atoms with van der Waals surface area (Å²) in [6.45, 7) is -2.45. The van der Waals surface area contributed by atoms with Crippen molar-refractivity contribution >= 4 is 5.91 Å². The molecular weight excluding hydrogens is 346 g/mol. The summed E-state index contributed by atoms with van der Waals surface area (Å²) >= 11 is 0. The lowest BCUT2D eigenvalue weighted by atomic mass is 10.0. The zero-order valence-electron chi connectivity index (χ0n) is 13.6. The average molecular weight is 373 g/mol. The van der Waals surface area contributed by atoms with Crippen molar-refractivity contribution in [3.05, 3.63) is 0 Å². The van der Waals surface area contributed by atoms with Gasteiger partial charge in [-0.15, -0.1) is 0 Å². The maximum Gasteiger partial charge on any atom is 0.254 e. The van der Waals surface area contributed by atoms with Gasteiger partial charge in [0.05, 0.1) is 13.2 Å². The van der Waals surface area contributed by atoms with Gasteiger partial charge >= 0.3 is 0 Å². The number of carbonyl (C=O) groups is 1. The maximum absolute atomic E-state index is 11.9. The summed E-state index contributed by atoms with van der Waals surface area (Å²) in [6, 6.07) is 0. The van der Waals surface area contributed by atoms with Gasteiger partial charge in [0.1, 0.15) is 42.7 Å². The Bertz CT molecular complexity index is 398. The standard InChI is InChI=1S/C13H27NO11/c1-14(2-5(17)8(20)9(21)6(18)3-15)13(25)12(24)11(23)10(22)7(19)4-16/h5-12,15-24H,2-4H2,1H3/t5-,6+,7+,8+,9+,10+,11-,12+/m0/s1. The second-order valence-corrected chi connectivity index (χ2v) is 5.69. The molecule has 0 aromatic heterocycles. The molecule has 25 heavy (non-hydrogen) atoms. The lowest BCUT2D eigenvalue weighted by molar-refractivity contribution is -0.161. The number of aliphatic hydroxyl groups is 10. The highest BCUT2D eigenvalue weighted by Gasteiger charge is 2.37. The molecule has 0 aliphatic rings. The Hall–Kier alpha value is -0.930. The fourth-order valence-electron chi connectivity index (χ4n) is 1.94. The van der Waals surface area contributed by atoms with E-state index in [0.717, 1.165) is 7.05 Å². The molecule has 0 bridgehead atoms. The number of hydrogen-bond acceptors (Lipinski definition) is 11. The van der Waals surface area contributed by atoms with Crippen LogP contribution in [-0.2, 0) is 4.79 Å². The number of aliphatic hydroxyl groups excluding tert-OH is 10. The van der Waals surface area contributed by atoms with Crippen LogP contribution in [0.25, 0.3) is 0 Å². The molecule has 10 N–H and O–H groups in total. The minimum absolute atomic E-state index is 0.641. The van der Waals surface area contributed by atoms with E-state index >= 15 is 0 Å². The smallest absolute Gasteiger partial charge is 0.254 e.